The number of thioether (sulfide) groups is 1. The smallest absolute Gasteiger partial charge is 0.242 e. The number of hydrogen-bond donors (Lipinski definition) is 0. The van der Waals surface area contributed by atoms with Crippen molar-refractivity contribution in [2.45, 2.75) is 44.9 Å². The van der Waals surface area contributed by atoms with Gasteiger partial charge in [0.2, 0.25) is 11.8 Å². The molecule has 0 radical (unpaired) electrons. The van der Waals surface area contributed by atoms with Gasteiger partial charge in [-0.15, -0.1) is 0 Å². The molecule has 6 heteroatoms. The highest BCUT2D eigenvalue weighted by molar-refractivity contribution is 8.24. The minimum absolute atomic E-state index is 0.0462. The standard InChI is InChI=1S/C18H24N2O2S2/c1-3-10-19(11-4-2)16(21)12-15-17(22)20(18(23)24-15)13-14-8-6-5-7-9-14/h5-9,15H,3-4,10-13H2,1-2H3. The first kappa shape index (κ1) is 18.9. The van der Waals surface area contributed by atoms with E-state index in [4.69, 9.17) is 12.2 Å². The van der Waals surface area contributed by atoms with Gasteiger partial charge in [0, 0.05) is 19.5 Å². The largest absolute Gasteiger partial charge is 0.343 e. The number of carbonyl (C=O) groups is 2. The fourth-order valence-electron chi connectivity index (χ4n) is 2.73. The summed E-state index contributed by atoms with van der Waals surface area (Å²) in [6, 6.07) is 9.79. The van der Waals surface area contributed by atoms with Gasteiger partial charge in [-0.2, -0.15) is 0 Å². The predicted molar refractivity (Wildman–Crippen MR) is 103 cm³/mol. The van der Waals surface area contributed by atoms with E-state index in [9.17, 15) is 9.59 Å². The number of rotatable bonds is 8. The Hall–Kier alpha value is -1.40. The molecule has 1 heterocycles. The van der Waals surface area contributed by atoms with Crippen LogP contribution in [0.25, 0.3) is 0 Å². The molecule has 0 aromatic heterocycles. The van der Waals surface area contributed by atoms with Crippen molar-refractivity contribution in [2.75, 3.05) is 13.1 Å². The van der Waals surface area contributed by atoms with Crippen LogP contribution < -0.4 is 0 Å². The van der Waals surface area contributed by atoms with Crippen molar-refractivity contribution in [1.29, 1.82) is 0 Å². The van der Waals surface area contributed by atoms with E-state index in [1.165, 1.54) is 11.8 Å². The summed E-state index contributed by atoms with van der Waals surface area (Å²) in [5.74, 6) is 0.00376. The number of amides is 2. The zero-order valence-corrected chi connectivity index (χ0v) is 15.9. The lowest BCUT2D eigenvalue weighted by Crippen LogP contribution is -2.37. The molecular formula is C18H24N2O2S2. The summed E-state index contributed by atoms with van der Waals surface area (Å²) in [6.45, 7) is 6.08. The Morgan fingerprint density at radius 2 is 1.83 bits per heavy atom. The molecule has 1 aromatic carbocycles. The van der Waals surface area contributed by atoms with E-state index in [1.807, 2.05) is 35.2 Å². The van der Waals surface area contributed by atoms with Crippen LogP contribution in [0.4, 0.5) is 0 Å². The molecule has 1 unspecified atom stereocenters. The van der Waals surface area contributed by atoms with Gasteiger partial charge in [0.05, 0.1) is 11.8 Å². The third-order valence-corrected chi connectivity index (χ3v) is 5.47. The Morgan fingerprint density at radius 3 is 2.42 bits per heavy atom. The van der Waals surface area contributed by atoms with Crippen molar-refractivity contribution in [3.05, 3.63) is 35.9 Å². The maximum atomic E-state index is 12.6. The van der Waals surface area contributed by atoms with Gasteiger partial charge in [-0.1, -0.05) is 68.2 Å². The van der Waals surface area contributed by atoms with Crippen molar-refractivity contribution in [3.63, 3.8) is 0 Å². The van der Waals surface area contributed by atoms with Gasteiger partial charge in [0.15, 0.2) is 0 Å². The molecule has 0 bridgehead atoms. The molecule has 1 fully saturated rings. The molecule has 130 valence electrons. The quantitative estimate of drug-likeness (QED) is 0.663. The molecule has 0 N–H and O–H groups in total. The molecule has 1 atom stereocenters. The Balaban J connectivity index is 1.99. The first-order valence-electron chi connectivity index (χ1n) is 8.40. The van der Waals surface area contributed by atoms with Gasteiger partial charge >= 0.3 is 0 Å². The van der Waals surface area contributed by atoms with E-state index in [2.05, 4.69) is 13.8 Å². The fourth-order valence-corrected chi connectivity index (χ4v) is 4.21. The van der Waals surface area contributed by atoms with Gasteiger partial charge in [0.25, 0.3) is 0 Å². The van der Waals surface area contributed by atoms with Gasteiger partial charge in [-0.3, -0.25) is 14.5 Å². The molecule has 0 aliphatic carbocycles. The molecule has 24 heavy (non-hydrogen) atoms. The number of thiocarbonyl (C=S) groups is 1. The predicted octanol–water partition coefficient (Wildman–Crippen LogP) is 3.45. The molecule has 4 nitrogen and oxygen atoms in total. The first-order chi connectivity index (χ1) is 11.6. The highest BCUT2D eigenvalue weighted by Gasteiger charge is 2.38. The van der Waals surface area contributed by atoms with Gasteiger partial charge in [0.1, 0.15) is 4.32 Å². The summed E-state index contributed by atoms with van der Waals surface area (Å²) in [6.07, 6.45) is 2.08. The Kier molecular flexibility index (Phi) is 7.24. The van der Waals surface area contributed by atoms with Crippen LogP contribution in [0.3, 0.4) is 0 Å². The van der Waals surface area contributed by atoms with Crippen molar-refractivity contribution < 1.29 is 9.59 Å². The van der Waals surface area contributed by atoms with Gasteiger partial charge in [-0.05, 0) is 18.4 Å². The average Bonchev–Trinajstić information content (AvgIpc) is 2.83. The van der Waals surface area contributed by atoms with Crippen LogP contribution in [0, 0.1) is 0 Å². The second kappa shape index (κ2) is 9.18. The minimum atomic E-state index is -0.384. The SMILES string of the molecule is CCCN(CCC)C(=O)CC1SC(=S)N(Cc2ccccc2)C1=O. The maximum absolute atomic E-state index is 12.6. The maximum Gasteiger partial charge on any atom is 0.242 e. The lowest BCUT2D eigenvalue weighted by Gasteiger charge is -2.22. The van der Waals surface area contributed by atoms with Crippen molar-refractivity contribution in [1.82, 2.24) is 9.80 Å². The highest BCUT2D eigenvalue weighted by Crippen LogP contribution is 2.31. The highest BCUT2D eigenvalue weighted by atomic mass is 32.2. The van der Waals surface area contributed by atoms with E-state index in [0.29, 0.717) is 10.9 Å². The lowest BCUT2D eigenvalue weighted by molar-refractivity contribution is -0.134. The van der Waals surface area contributed by atoms with Crippen molar-refractivity contribution in [2.24, 2.45) is 0 Å². The van der Waals surface area contributed by atoms with Crippen LogP contribution in [0.5, 0.6) is 0 Å². The second-order valence-corrected chi connectivity index (χ2v) is 7.70. The number of carbonyl (C=O) groups excluding carboxylic acids is 2. The summed E-state index contributed by atoms with van der Waals surface area (Å²) in [7, 11) is 0. The van der Waals surface area contributed by atoms with Crippen molar-refractivity contribution in [3.8, 4) is 0 Å². The normalized spacial score (nSPS) is 17.4. The molecule has 1 aliphatic rings. The monoisotopic (exact) mass is 364 g/mol. The molecule has 1 aromatic rings. The molecule has 0 spiro atoms. The summed E-state index contributed by atoms with van der Waals surface area (Å²) in [5, 5.41) is -0.384. The van der Waals surface area contributed by atoms with E-state index in [1.54, 1.807) is 4.90 Å². The number of hydrogen-bond acceptors (Lipinski definition) is 4. The summed E-state index contributed by atoms with van der Waals surface area (Å²) in [5.41, 5.74) is 1.04. The van der Waals surface area contributed by atoms with Crippen LogP contribution in [-0.4, -0.2) is 44.3 Å². The molecular weight excluding hydrogens is 340 g/mol. The van der Waals surface area contributed by atoms with E-state index in [0.717, 1.165) is 31.5 Å². The summed E-state index contributed by atoms with van der Waals surface area (Å²) < 4.78 is 0.569. The molecule has 0 saturated carbocycles. The minimum Gasteiger partial charge on any atom is -0.343 e. The van der Waals surface area contributed by atoms with Crippen LogP contribution in [0.15, 0.2) is 30.3 Å². The fraction of sp³-hybridized carbons (Fsp3) is 0.500. The van der Waals surface area contributed by atoms with Gasteiger partial charge in [-0.25, -0.2) is 0 Å². The third kappa shape index (κ3) is 4.80. The van der Waals surface area contributed by atoms with Crippen LogP contribution in [0.2, 0.25) is 0 Å². The topological polar surface area (TPSA) is 40.6 Å². The summed E-state index contributed by atoms with van der Waals surface area (Å²) >= 11 is 6.70. The van der Waals surface area contributed by atoms with E-state index >= 15 is 0 Å². The van der Waals surface area contributed by atoms with Crippen molar-refractivity contribution >= 4 is 40.1 Å². The van der Waals surface area contributed by atoms with Crippen LogP contribution >= 0.6 is 24.0 Å². The third-order valence-electron chi connectivity index (χ3n) is 3.89. The lowest BCUT2D eigenvalue weighted by atomic mass is 10.2. The zero-order chi connectivity index (χ0) is 17.5. The summed E-state index contributed by atoms with van der Waals surface area (Å²) in [4.78, 5) is 28.6. The molecule has 2 amide bonds. The zero-order valence-electron chi connectivity index (χ0n) is 14.2. The number of benzene rings is 1. The second-order valence-electron chi connectivity index (χ2n) is 5.87. The Labute approximate surface area is 153 Å². The molecule has 2 rings (SSSR count). The van der Waals surface area contributed by atoms with Crippen LogP contribution in [0.1, 0.15) is 38.7 Å². The first-order valence-corrected chi connectivity index (χ1v) is 9.69. The molecule has 1 aliphatic heterocycles. The van der Waals surface area contributed by atoms with E-state index in [-0.39, 0.29) is 23.5 Å². The molecule has 1 saturated heterocycles. The number of nitrogens with zero attached hydrogens (tertiary/aromatic N) is 2. The Bertz CT molecular complexity index is 586. The van der Waals surface area contributed by atoms with E-state index < -0.39 is 0 Å². The van der Waals surface area contributed by atoms with Crippen LogP contribution in [-0.2, 0) is 16.1 Å². The van der Waals surface area contributed by atoms with Gasteiger partial charge < -0.3 is 4.90 Å². The Morgan fingerprint density at radius 1 is 1.21 bits per heavy atom. The average molecular weight is 365 g/mol.